The van der Waals surface area contributed by atoms with E-state index >= 15 is 0 Å². The van der Waals surface area contributed by atoms with Crippen LogP contribution >= 0.6 is 11.6 Å². The second kappa shape index (κ2) is 5.58. The van der Waals surface area contributed by atoms with Crippen LogP contribution in [-0.4, -0.2) is 9.97 Å². The van der Waals surface area contributed by atoms with Gasteiger partial charge in [0.25, 0.3) is 0 Å². The fourth-order valence-electron chi connectivity index (χ4n) is 1.98. The Bertz CT molecular complexity index is 771. The number of hydrogen-bond donors (Lipinski definition) is 0. The van der Waals surface area contributed by atoms with Crippen molar-refractivity contribution < 1.29 is 8.78 Å². The number of halogens is 3. The summed E-state index contributed by atoms with van der Waals surface area (Å²) < 4.78 is 26.6. The summed E-state index contributed by atoms with van der Waals surface area (Å²) in [6.07, 6.45) is 0. The van der Waals surface area contributed by atoms with Gasteiger partial charge in [-0.25, -0.2) is 18.7 Å². The molecule has 0 saturated heterocycles. The zero-order valence-electron chi connectivity index (χ0n) is 10.7. The summed E-state index contributed by atoms with van der Waals surface area (Å²) in [4.78, 5) is 8.47. The van der Waals surface area contributed by atoms with Crippen LogP contribution in [0.15, 0.2) is 54.6 Å². The quantitative estimate of drug-likeness (QED) is 0.639. The van der Waals surface area contributed by atoms with E-state index in [1.807, 2.05) is 30.3 Å². The molecule has 1 aromatic heterocycles. The maximum Gasteiger partial charge on any atom is 0.161 e. The van der Waals surface area contributed by atoms with Gasteiger partial charge in [-0.3, -0.25) is 0 Å². The lowest BCUT2D eigenvalue weighted by Crippen LogP contribution is -1.94. The predicted octanol–water partition coefficient (Wildman–Crippen LogP) is 4.74. The Kier molecular flexibility index (Phi) is 3.62. The van der Waals surface area contributed by atoms with Gasteiger partial charge in [0.05, 0.1) is 5.69 Å². The van der Waals surface area contributed by atoms with Crippen LogP contribution in [0.2, 0.25) is 5.15 Å². The third kappa shape index (κ3) is 3.06. The second-order valence-electron chi connectivity index (χ2n) is 4.42. The number of aromatic nitrogens is 2. The van der Waals surface area contributed by atoms with E-state index < -0.39 is 11.6 Å². The maximum absolute atomic E-state index is 13.3. The van der Waals surface area contributed by atoms with Gasteiger partial charge in [-0.05, 0) is 12.1 Å². The van der Waals surface area contributed by atoms with Gasteiger partial charge in [-0.1, -0.05) is 41.9 Å². The monoisotopic (exact) mass is 302 g/mol. The molecule has 3 aromatic rings. The molecule has 0 saturated carbocycles. The zero-order chi connectivity index (χ0) is 14.8. The van der Waals surface area contributed by atoms with Crippen LogP contribution in [0.25, 0.3) is 22.6 Å². The molecule has 3 rings (SSSR count). The number of rotatable bonds is 2. The van der Waals surface area contributed by atoms with Crippen molar-refractivity contribution in [3.05, 3.63) is 71.4 Å². The second-order valence-corrected chi connectivity index (χ2v) is 4.81. The normalized spacial score (nSPS) is 10.6. The van der Waals surface area contributed by atoms with Crippen LogP contribution < -0.4 is 0 Å². The highest BCUT2D eigenvalue weighted by Gasteiger charge is 2.09. The third-order valence-electron chi connectivity index (χ3n) is 2.89. The van der Waals surface area contributed by atoms with Crippen molar-refractivity contribution in [2.24, 2.45) is 0 Å². The number of nitrogens with zero attached hydrogens (tertiary/aromatic N) is 2. The molecule has 0 atom stereocenters. The molecule has 0 amide bonds. The van der Waals surface area contributed by atoms with Crippen LogP contribution in [0.4, 0.5) is 8.78 Å². The summed E-state index contributed by atoms with van der Waals surface area (Å²) in [5.41, 5.74) is 1.46. The average Bonchev–Trinajstić information content (AvgIpc) is 2.46. The first-order chi connectivity index (χ1) is 10.1. The van der Waals surface area contributed by atoms with Gasteiger partial charge < -0.3 is 0 Å². The van der Waals surface area contributed by atoms with Gasteiger partial charge in [0.1, 0.15) is 16.8 Å². The van der Waals surface area contributed by atoms with E-state index in [9.17, 15) is 8.78 Å². The molecule has 0 radical (unpaired) electrons. The lowest BCUT2D eigenvalue weighted by atomic mass is 10.1. The van der Waals surface area contributed by atoms with E-state index in [0.717, 1.165) is 11.6 Å². The van der Waals surface area contributed by atoms with Crippen molar-refractivity contribution in [2.45, 2.75) is 0 Å². The SMILES string of the molecule is Fc1cc(F)cc(-c2cc(Cl)nc(-c3ccccc3)n2)c1. The van der Waals surface area contributed by atoms with Crippen LogP contribution in [0, 0.1) is 11.6 Å². The van der Waals surface area contributed by atoms with Crippen LogP contribution in [0.1, 0.15) is 0 Å². The van der Waals surface area contributed by atoms with E-state index in [1.165, 1.54) is 18.2 Å². The molecule has 0 N–H and O–H groups in total. The Morgan fingerprint density at radius 2 is 1.43 bits per heavy atom. The summed E-state index contributed by atoms with van der Waals surface area (Å²) in [5, 5.41) is 0.212. The van der Waals surface area contributed by atoms with Crippen molar-refractivity contribution in [3.8, 4) is 22.6 Å². The molecular formula is C16H9ClF2N2. The highest BCUT2D eigenvalue weighted by atomic mass is 35.5. The summed E-state index contributed by atoms with van der Waals surface area (Å²) in [5.74, 6) is -0.926. The first-order valence-electron chi connectivity index (χ1n) is 6.18. The molecular weight excluding hydrogens is 294 g/mol. The van der Waals surface area contributed by atoms with Crippen molar-refractivity contribution >= 4 is 11.6 Å². The Hall–Kier alpha value is -2.33. The van der Waals surface area contributed by atoms with Crippen LogP contribution in [0.3, 0.4) is 0 Å². The average molecular weight is 303 g/mol. The van der Waals surface area contributed by atoms with Crippen molar-refractivity contribution in [2.75, 3.05) is 0 Å². The summed E-state index contributed by atoms with van der Waals surface area (Å²) in [6, 6.07) is 13.9. The van der Waals surface area contributed by atoms with E-state index in [0.29, 0.717) is 17.1 Å². The van der Waals surface area contributed by atoms with E-state index in [1.54, 1.807) is 0 Å². The zero-order valence-corrected chi connectivity index (χ0v) is 11.5. The minimum Gasteiger partial charge on any atom is -0.228 e. The topological polar surface area (TPSA) is 25.8 Å². The smallest absolute Gasteiger partial charge is 0.161 e. The van der Waals surface area contributed by atoms with Gasteiger partial charge >= 0.3 is 0 Å². The molecule has 104 valence electrons. The summed E-state index contributed by atoms with van der Waals surface area (Å²) in [7, 11) is 0. The first-order valence-corrected chi connectivity index (χ1v) is 6.56. The molecule has 2 aromatic carbocycles. The molecule has 0 unspecified atom stereocenters. The molecule has 0 aliphatic rings. The highest BCUT2D eigenvalue weighted by Crippen LogP contribution is 2.25. The Morgan fingerprint density at radius 3 is 2.10 bits per heavy atom. The largest absolute Gasteiger partial charge is 0.228 e. The third-order valence-corrected chi connectivity index (χ3v) is 3.08. The Morgan fingerprint density at radius 1 is 0.762 bits per heavy atom. The first kappa shape index (κ1) is 13.6. The molecule has 21 heavy (non-hydrogen) atoms. The molecule has 1 heterocycles. The molecule has 0 bridgehead atoms. The van der Waals surface area contributed by atoms with Crippen molar-refractivity contribution in [1.82, 2.24) is 9.97 Å². The van der Waals surface area contributed by atoms with Crippen molar-refractivity contribution in [1.29, 1.82) is 0 Å². The Labute approximate surface area is 125 Å². The number of hydrogen-bond acceptors (Lipinski definition) is 2. The lowest BCUT2D eigenvalue weighted by Gasteiger charge is -2.06. The molecule has 0 aliphatic carbocycles. The summed E-state index contributed by atoms with van der Waals surface area (Å²) >= 11 is 5.99. The predicted molar refractivity (Wildman–Crippen MR) is 77.8 cm³/mol. The van der Waals surface area contributed by atoms with E-state index in [2.05, 4.69) is 9.97 Å². The van der Waals surface area contributed by atoms with Crippen molar-refractivity contribution in [3.63, 3.8) is 0 Å². The highest BCUT2D eigenvalue weighted by molar-refractivity contribution is 6.29. The minimum atomic E-state index is -0.666. The van der Waals surface area contributed by atoms with Gasteiger partial charge in [0.15, 0.2) is 5.82 Å². The maximum atomic E-state index is 13.3. The minimum absolute atomic E-state index is 0.212. The molecule has 0 spiro atoms. The fourth-order valence-corrected chi connectivity index (χ4v) is 2.17. The van der Waals surface area contributed by atoms with Gasteiger partial charge in [-0.2, -0.15) is 0 Å². The van der Waals surface area contributed by atoms with Gasteiger partial charge in [-0.15, -0.1) is 0 Å². The van der Waals surface area contributed by atoms with Crippen LogP contribution in [-0.2, 0) is 0 Å². The van der Waals surface area contributed by atoms with Gasteiger partial charge in [0.2, 0.25) is 0 Å². The molecule has 2 nitrogen and oxygen atoms in total. The Balaban J connectivity index is 2.14. The van der Waals surface area contributed by atoms with E-state index in [-0.39, 0.29) is 5.15 Å². The molecule has 5 heteroatoms. The number of benzene rings is 2. The standard InChI is InChI=1S/C16H9ClF2N2/c17-15-9-14(11-6-12(18)8-13(19)7-11)20-16(21-15)10-4-2-1-3-5-10/h1-9H. The molecule has 0 fully saturated rings. The van der Waals surface area contributed by atoms with Gasteiger partial charge in [0, 0.05) is 23.3 Å². The molecule has 0 aliphatic heterocycles. The van der Waals surface area contributed by atoms with E-state index in [4.69, 9.17) is 11.6 Å². The fraction of sp³-hybridized carbons (Fsp3) is 0. The lowest BCUT2D eigenvalue weighted by molar-refractivity contribution is 0.584. The summed E-state index contributed by atoms with van der Waals surface area (Å²) in [6.45, 7) is 0. The van der Waals surface area contributed by atoms with Crippen LogP contribution in [0.5, 0.6) is 0 Å².